The van der Waals surface area contributed by atoms with Gasteiger partial charge in [0, 0.05) is 23.3 Å². The van der Waals surface area contributed by atoms with E-state index in [0.717, 1.165) is 33.5 Å². The molecule has 0 unspecified atom stereocenters. The van der Waals surface area contributed by atoms with Crippen LogP contribution in [0.4, 0.5) is 11.6 Å². The topological polar surface area (TPSA) is 64.9 Å². The number of hydrogen-bond acceptors (Lipinski definition) is 6. The standard InChI is InChI=1S/C19H17N5OS/c1-25-16-7-5-14(6-8-16)11-24-12-15(10-21-24)19-23-18(13-26-19)22-17-4-2-3-9-20-17/h2-10,12-13H,11H2,1H3,(H,20,22). The Kier molecular flexibility index (Phi) is 4.61. The zero-order chi connectivity index (χ0) is 17.8. The Morgan fingerprint density at radius 3 is 2.77 bits per heavy atom. The number of hydrogen-bond donors (Lipinski definition) is 1. The third-order valence-corrected chi connectivity index (χ3v) is 4.70. The predicted molar refractivity (Wildman–Crippen MR) is 103 cm³/mol. The van der Waals surface area contributed by atoms with Crippen LogP contribution in [0, 0.1) is 0 Å². The predicted octanol–water partition coefficient (Wildman–Crippen LogP) is 4.20. The van der Waals surface area contributed by atoms with E-state index in [1.807, 2.05) is 64.9 Å². The zero-order valence-electron chi connectivity index (χ0n) is 14.2. The van der Waals surface area contributed by atoms with Gasteiger partial charge in [0.15, 0.2) is 0 Å². The van der Waals surface area contributed by atoms with Gasteiger partial charge in [-0.1, -0.05) is 18.2 Å². The van der Waals surface area contributed by atoms with E-state index in [9.17, 15) is 0 Å². The number of aromatic nitrogens is 4. The van der Waals surface area contributed by atoms with Crippen LogP contribution in [-0.2, 0) is 6.54 Å². The van der Waals surface area contributed by atoms with Gasteiger partial charge in [-0.2, -0.15) is 5.10 Å². The normalized spacial score (nSPS) is 10.7. The highest BCUT2D eigenvalue weighted by Crippen LogP contribution is 2.27. The fourth-order valence-electron chi connectivity index (χ4n) is 2.51. The molecule has 1 N–H and O–H groups in total. The van der Waals surface area contributed by atoms with Gasteiger partial charge in [0.25, 0.3) is 0 Å². The van der Waals surface area contributed by atoms with Crippen molar-refractivity contribution in [2.45, 2.75) is 6.54 Å². The smallest absolute Gasteiger partial charge is 0.143 e. The van der Waals surface area contributed by atoms with Crippen molar-refractivity contribution in [1.29, 1.82) is 0 Å². The lowest BCUT2D eigenvalue weighted by molar-refractivity contribution is 0.414. The summed E-state index contributed by atoms with van der Waals surface area (Å²) >= 11 is 1.58. The van der Waals surface area contributed by atoms with E-state index in [1.165, 1.54) is 0 Å². The molecule has 0 aliphatic carbocycles. The summed E-state index contributed by atoms with van der Waals surface area (Å²) in [6, 6.07) is 13.7. The van der Waals surface area contributed by atoms with E-state index in [-0.39, 0.29) is 0 Å². The molecule has 0 atom stereocenters. The minimum atomic E-state index is 0.703. The fourth-order valence-corrected chi connectivity index (χ4v) is 3.24. The molecule has 4 rings (SSSR count). The number of pyridine rings is 1. The van der Waals surface area contributed by atoms with Crippen LogP contribution < -0.4 is 10.1 Å². The molecular weight excluding hydrogens is 346 g/mol. The Balaban J connectivity index is 1.45. The Bertz CT molecular complexity index is 979. The maximum atomic E-state index is 5.19. The molecule has 7 heteroatoms. The molecule has 1 aromatic carbocycles. The summed E-state index contributed by atoms with van der Waals surface area (Å²) in [5.41, 5.74) is 2.16. The second-order valence-corrected chi connectivity index (χ2v) is 6.51. The maximum absolute atomic E-state index is 5.19. The van der Waals surface area contributed by atoms with Gasteiger partial charge in [-0.3, -0.25) is 4.68 Å². The molecule has 26 heavy (non-hydrogen) atoms. The highest BCUT2D eigenvalue weighted by Gasteiger charge is 2.08. The Labute approximate surface area is 155 Å². The molecule has 0 fully saturated rings. The van der Waals surface area contributed by atoms with Gasteiger partial charge in [0.2, 0.25) is 0 Å². The molecule has 130 valence electrons. The minimum Gasteiger partial charge on any atom is -0.497 e. The Morgan fingerprint density at radius 2 is 2.00 bits per heavy atom. The average Bonchev–Trinajstić information content (AvgIpc) is 3.33. The molecule has 0 radical (unpaired) electrons. The SMILES string of the molecule is COc1ccc(Cn2cc(-c3nc(Nc4ccccn4)cs3)cn2)cc1. The summed E-state index contributed by atoms with van der Waals surface area (Å²) in [6.07, 6.45) is 5.60. The number of rotatable bonds is 6. The lowest BCUT2D eigenvalue weighted by Crippen LogP contribution is -1.99. The fraction of sp³-hybridized carbons (Fsp3) is 0.105. The number of methoxy groups -OCH3 is 1. The molecule has 3 heterocycles. The summed E-state index contributed by atoms with van der Waals surface area (Å²) in [7, 11) is 1.67. The minimum absolute atomic E-state index is 0.703. The van der Waals surface area contributed by atoms with E-state index >= 15 is 0 Å². The second-order valence-electron chi connectivity index (χ2n) is 5.65. The first-order valence-corrected chi connectivity index (χ1v) is 8.97. The summed E-state index contributed by atoms with van der Waals surface area (Å²) < 4.78 is 7.09. The lowest BCUT2D eigenvalue weighted by Gasteiger charge is -2.03. The van der Waals surface area contributed by atoms with Crippen molar-refractivity contribution >= 4 is 23.0 Å². The number of nitrogens with zero attached hydrogens (tertiary/aromatic N) is 4. The summed E-state index contributed by atoms with van der Waals surface area (Å²) in [5, 5.41) is 10.5. The van der Waals surface area contributed by atoms with Gasteiger partial charge < -0.3 is 10.1 Å². The third-order valence-electron chi connectivity index (χ3n) is 3.81. The number of anilines is 2. The average molecular weight is 363 g/mol. The highest BCUT2D eigenvalue weighted by molar-refractivity contribution is 7.13. The molecule has 0 saturated carbocycles. The number of ether oxygens (including phenoxy) is 1. The van der Waals surface area contributed by atoms with Crippen molar-refractivity contribution in [2.24, 2.45) is 0 Å². The van der Waals surface area contributed by atoms with E-state index in [4.69, 9.17) is 4.74 Å². The molecule has 0 spiro atoms. The number of thiazole rings is 1. The van der Waals surface area contributed by atoms with Gasteiger partial charge in [-0.25, -0.2) is 9.97 Å². The van der Waals surface area contributed by atoms with E-state index in [1.54, 1.807) is 24.6 Å². The Hall–Kier alpha value is -3.19. The molecule has 0 aliphatic rings. The summed E-state index contributed by atoms with van der Waals surface area (Å²) in [6.45, 7) is 0.703. The van der Waals surface area contributed by atoms with Gasteiger partial charge in [-0.15, -0.1) is 11.3 Å². The molecule has 0 bridgehead atoms. The van der Waals surface area contributed by atoms with Gasteiger partial charge in [0.1, 0.15) is 22.4 Å². The van der Waals surface area contributed by atoms with Crippen LogP contribution >= 0.6 is 11.3 Å². The summed E-state index contributed by atoms with van der Waals surface area (Å²) in [5.74, 6) is 2.41. The van der Waals surface area contributed by atoms with Crippen LogP contribution in [-0.4, -0.2) is 26.9 Å². The van der Waals surface area contributed by atoms with Crippen LogP contribution in [0.15, 0.2) is 66.4 Å². The van der Waals surface area contributed by atoms with Crippen LogP contribution in [0.5, 0.6) is 5.75 Å². The van der Waals surface area contributed by atoms with Crippen molar-refractivity contribution in [3.8, 4) is 16.3 Å². The van der Waals surface area contributed by atoms with E-state index < -0.39 is 0 Å². The van der Waals surface area contributed by atoms with Crippen molar-refractivity contribution in [3.05, 3.63) is 72.0 Å². The first-order valence-electron chi connectivity index (χ1n) is 8.09. The van der Waals surface area contributed by atoms with Crippen molar-refractivity contribution in [1.82, 2.24) is 19.7 Å². The van der Waals surface area contributed by atoms with Crippen molar-refractivity contribution in [3.63, 3.8) is 0 Å². The second kappa shape index (κ2) is 7.37. The molecule has 3 aromatic heterocycles. The highest BCUT2D eigenvalue weighted by atomic mass is 32.1. The Morgan fingerprint density at radius 1 is 1.12 bits per heavy atom. The largest absolute Gasteiger partial charge is 0.497 e. The molecule has 6 nitrogen and oxygen atoms in total. The van der Waals surface area contributed by atoms with E-state index in [0.29, 0.717) is 6.54 Å². The molecule has 0 aliphatic heterocycles. The molecule has 0 amide bonds. The van der Waals surface area contributed by atoms with Crippen LogP contribution in [0.2, 0.25) is 0 Å². The molecule has 0 saturated heterocycles. The molecular formula is C19H17N5OS. The van der Waals surface area contributed by atoms with Gasteiger partial charge in [0.05, 0.1) is 19.9 Å². The third kappa shape index (κ3) is 3.73. The van der Waals surface area contributed by atoms with Crippen molar-refractivity contribution in [2.75, 3.05) is 12.4 Å². The van der Waals surface area contributed by atoms with Crippen LogP contribution in [0.1, 0.15) is 5.56 Å². The maximum Gasteiger partial charge on any atom is 0.143 e. The van der Waals surface area contributed by atoms with Gasteiger partial charge >= 0.3 is 0 Å². The van der Waals surface area contributed by atoms with Gasteiger partial charge in [-0.05, 0) is 29.8 Å². The quantitative estimate of drug-likeness (QED) is 0.556. The summed E-state index contributed by atoms with van der Waals surface area (Å²) in [4.78, 5) is 8.86. The lowest BCUT2D eigenvalue weighted by atomic mass is 10.2. The van der Waals surface area contributed by atoms with E-state index in [2.05, 4.69) is 20.4 Å². The number of nitrogens with one attached hydrogen (secondary N) is 1. The first kappa shape index (κ1) is 16.3. The first-order chi connectivity index (χ1) is 12.8. The molecule has 4 aromatic rings. The van der Waals surface area contributed by atoms with Crippen LogP contribution in [0.3, 0.4) is 0 Å². The van der Waals surface area contributed by atoms with Crippen LogP contribution in [0.25, 0.3) is 10.6 Å². The number of benzene rings is 1. The monoisotopic (exact) mass is 363 g/mol. The van der Waals surface area contributed by atoms with Crippen molar-refractivity contribution < 1.29 is 4.74 Å². The zero-order valence-corrected chi connectivity index (χ0v) is 15.0.